The van der Waals surface area contributed by atoms with Gasteiger partial charge in [-0.3, -0.25) is 28.8 Å². The van der Waals surface area contributed by atoms with Gasteiger partial charge in [-0.25, -0.2) is 17.6 Å². The number of nitrogens with one attached hydrogen (secondary N) is 5. The van der Waals surface area contributed by atoms with Crippen LogP contribution in [0.4, 0.5) is 4.39 Å². The van der Waals surface area contributed by atoms with Crippen LogP contribution in [0.3, 0.4) is 0 Å². The molecule has 0 aliphatic rings. The van der Waals surface area contributed by atoms with Gasteiger partial charge in [-0.1, -0.05) is 30.3 Å². The molecule has 1 aromatic carbocycles. The van der Waals surface area contributed by atoms with Crippen molar-refractivity contribution in [2.75, 3.05) is 77.8 Å². The lowest BCUT2D eigenvalue weighted by Crippen LogP contribution is -2.54. The first-order valence-corrected chi connectivity index (χ1v) is 19.8. The maximum atomic E-state index is 13.2. The Morgan fingerprint density at radius 3 is 1.89 bits per heavy atom. The van der Waals surface area contributed by atoms with Crippen LogP contribution in [0.15, 0.2) is 30.3 Å². The van der Waals surface area contributed by atoms with E-state index in [1.807, 2.05) is 0 Å². The van der Waals surface area contributed by atoms with Gasteiger partial charge in [0.1, 0.15) is 30.6 Å². The maximum absolute atomic E-state index is 13.2. The van der Waals surface area contributed by atoms with E-state index in [0.29, 0.717) is 44.3 Å². The molecule has 0 fully saturated rings. The van der Waals surface area contributed by atoms with E-state index in [-0.39, 0.29) is 45.6 Å². The molecule has 10 N–H and O–H groups in total. The van der Waals surface area contributed by atoms with Crippen LogP contribution >= 0.6 is 0 Å². The number of carbonyl (C=O) groups excluding carboxylic acids is 5. The third kappa shape index (κ3) is 23.3. The molecule has 1 aromatic rings. The van der Waals surface area contributed by atoms with E-state index in [1.54, 1.807) is 30.3 Å². The van der Waals surface area contributed by atoms with E-state index in [0.717, 1.165) is 0 Å². The molecule has 0 radical (unpaired) electrons. The van der Waals surface area contributed by atoms with E-state index in [4.69, 9.17) is 21.0 Å². The zero-order chi connectivity index (χ0) is 41.1. The number of hydroxylamine groups is 2. The molecule has 3 atom stereocenters. The van der Waals surface area contributed by atoms with Gasteiger partial charge in [0.15, 0.2) is 9.84 Å². The van der Waals surface area contributed by atoms with Crippen molar-refractivity contribution < 1.29 is 56.3 Å². The molecular weight excluding hydrogens is 746 g/mol. The van der Waals surface area contributed by atoms with Gasteiger partial charge in [0.2, 0.25) is 29.5 Å². The lowest BCUT2D eigenvalue weighted by atomic mass is 10.1. The average molecular weight is 804 g/mol. The highest BCUT2D eigenvalue weighted by atomic mass is 32.2. The summed E-state index contributed by atoms with van der Waals surface area (Å²) in [5, 5.41) is 22.8. The smallest absolute Gasteiger partial charge is 0.326 e. The predicted molar refractivity (Wildman–Crippen MR) is 199 cm³/mol. The lowest BCUT2D eigenvalue weighted by molar-refractivity contribution is -0.148. The molecule has 312 valence electrons. The Bertz CT molecular complexity index is 1440. The van der Waals surface area contributed by atoms with Crippen LogP contribution in [0.2, 0.25) is 0 Å². The number of unbranched alkanes of at least 4 members (excludes halogenated alkanes) is 2. The third-order valence-corrected chi connectivity index (χ3v) is 9.30. The van der Waals surface area contributed by atoms with Crippen molar-refractivity contribution in [1.82, 2.24) is 31.6 Å². The number of rotatable bonds is 31. The number of carbonyl (C=O) groups is 6. The van der Waals surface area contributed by atoms with Crippen LogP contribution in [0.1, 0.15) is 44.1 Å². The number of benzene rings is 1. The zero-order valence-corrected chi connectivity index (χ0v) is 32.1. The number of alkyl halides is 1. The number of carboxylic acids is 1. The topological polar surface area (TPSA) is 291 Å². The quantitative estimate of drug-likeness (QED) is 0.0285. The highest BCUT2D eigenvalue weighted by molar-refractivity contribution is 7.92. The van der Waals surface area contributed by atoms with E-state index in [9.17, 15) is 46.7 Å². The van der Waals surface area contributed by atoms with Crippen LogP contribution in [0.5, 0.6) is 0 Å². The van der Waals surface area contributed by atoms with Crippen LogP contribution in [0, 0.1) is 0 Å². The molecule has 0 heterocycles. The van der Waals surface area contributed by atoms with Crippen molar-refractivity contribution in [2.45, 2.75) is 63.1 Å². The summed E-state index contributed by atoms with van der Waals surface area (Å²) >= 11 is 0. The monoisotopic (exact) mass is 803 g/mol. The summed E-state index contributed by atoms with van der Waals surface area (Å²) in [5.41, 5.74) is 11.7. The molecule has 0 aromatic heterocycles. The summed E-state index contributed by atoms with van der Waals surface area (Å²) in [4.78, 5) is 81.3. The molecular formula is C34H57FN8O11S. The Hall–Kier alpha value is -4.28. The summed E-state index contributed by atoms with van der Waals surface area (Å²) in [6.07, 6.45) is 2.20. The van der Waals surface area contributed by atoms with E-state index < -0.39 is 94.7 Å². The average Bonchev–Trinajstić information content (AvgIpc) is 3.14. The molecule has 0 saturated carbocycles. The number of aliphatic carboxylic acids is 1. The molecule has 0 aliphatic carbocycles. The van der Waals surface area contributed by atoms with Crippen LogP contribution in [-0.4, -0.2) is 150 Å². The minimum atomic E-state index is -3.93. The highest BCUT2D eigenvalue weighted by Gasteiger charge is 2.27. The van der Waals surface area contributed by atoms with Crippen LogP contribution in [0.25, 0.3) is 0 Å². The fraction of sp³-hybridized carbons (Fsp3) is 0.647. The molecule has 19 nitrogen and oxygen atoms in total. The van der Waals surface area contributed by atoms with Gasteiger partial charge in [0.05, 0.1) is 38.7 Å². The van der Waals surface area contributed by atoms with E-state index in [1.165, 1.54) is 12.1 Å². The number of amides is 5. The van der Waals surface area contributed by atoms with Gasteiger partial charge < -0.3 is 47.9 Å². The first-order valence-electron chi connectivity index (χ1n) is 18.0. The van der Waals surface area contributed by atoms with Gasteiger partial charge in [-0.15, -0.1) is 0 Å². The Labute approximate surface area is 321 Å². The number of sulfone groups is 1. The predicted octanol–water partition coefficient (Wildman–Crippen LogP) is -2.48. The second-order valence-corrected chi connectivity index (χ2v) is 14.7. The third-order valence-electron chi connectivity index (χ3n) is 7.79. The first kappa shape index (κ1) is 48.7. The second kappa shape index (κ2) is 28.2. The van der Waals surface area contributed by atoms with Gasteiger partial charge >= 0.3 is 5.97 Å². The molecule has 21 heteroatoms. The summed E-state index contributed by atoms with van der Waals surface area (Å²) in [6.45, 7) is -1.14. The van der Waals surface area contributed by atoms with Crippen molar-refractivity contribution in [1.29, 1.82) is 0 Å². The highest BCUT2D eigenvalue weighted by Crippen LogP contribution is 2.06. The molecule has 1 rings (SSSR count). The van der Waals surface area contributed by atoms with Gasteiger partial charge in [-0.2, -0.15) is 5.06 Å². The zero-order valence-electron chi connectivity index (χ0n) is 31.3. The maximum Gasteiger partial charge on any atom is 0.326 e. The van der Waals surface area contributed by atoms with Crippen molar-refractivity contribution in [2.24, 2.45) is 11.5 Å². The van der Waals surface area contributed by atoms with Crippen LogP contribution in [-0.2, 0) is 54.6 Å². The fourth-order valence-corrected chi connectivity index (χ4v) is 6.05. The van der Waals surface area contributed by atoms with Crippen molar-refractivity contribution in [3.05, 3.63) is 35.9 Å². The minimum Gasteiger partial charge on any atom is -0.480 e. The lowest BCUT2D eigenvalue weighted by Gasteiger charge is -2.21. The van der Waals surface area contributed by atoms with Gasteiger partial charge in [0.25, 0.3) is 0 Å². The largest absolute Gasteiger partial charge is 0.480 e. The number of halogens is 1. The van der Waals surface area contributed by atoms with Crippen LogP contribution < -0.4 is 38.1 Å². The SMILES string of the molecule is CN(CCS(=O)(=O)CC(=O)N[C@@H](CCCCN)C(=O)NCC(=O)N[C@@H](Cc1ccccc1)C(=O)NCC(=O)N[C@@H](CCCCN)C(=O)O)OCCOCC[18F]. The molecule has 0 saturated heterocycles. The van der Waals surface area contributed by atoms with E-state index in [2.05, 4.69) is 26.6 Å². The van der Waals surface area contributed by atoms with Gasteiger partial charge in [-0.05, 0) is 57.2 Å². The first-order chi connectivity index (χ1) is 26.2. The molecule has 0 unspecified atom stereocenters. The normalized spacial score (nSPS) is 13.0. The Morgan fingerprint density at radius 2 is 1.33 bits per heavy atom. The summed E-state index contributed by atoms with van der Waals surface area (Å²) in [5.74, 6) is -6.59. The van der Waals surface area contributed by atoms with Crippen molar-refractivity contribution in [3.63, 3.8) is 0 Å². The molecule has 0 spiro atoms. The summed E-state index contributed by atoms with van der Waals surface area (Å²) in [7, 11) is -2.45. The van der Waals surface area contributed by atoms with Crippen molar-refractivity contribution in [3.8, 4) is 0 Å². The van der Waals surface area contributed by atoms with E-state index >= 15 is 0 Å². The van der Waals surface area contributed by atoms with Crippen molar-refractivity contribution >= 4 is 45.3 Å². The number of nitrogens with two attached hydrogens (primary N) is 2. The number of ether oxygens (including phenoxy) is 1. The summed E-state index contributed by atoms with van der Waals surface area (Å²) in [6, 6.07) is 5.06. The number of hydrogen-bond donors (Lipinski definition) is 8. The minimum absolute atomic E-state index is 0.00780. The Balaban J connectivity index is 2.82. The molecule has 5 amide bonds. The Kier molecular flexibility index (Phi) is 25.0. The Morgan fingerprint density at radius 1 is 0.782 bits per heavy atom. The standard InChI is InChI=1S/C34H57FN8O11S/c1-43(54-19-18-53-17-13-35)16-20-55(51,52)24-31(46)40-26(11-5-7-14-36)32(47)38-23-30(45)42-28(21-25-9-3-2-4-10-25)33(48)39-22-29(44)41-27(34(49)50)12-6-8-15-37/h2-4,9-10,26-28H,5-8,11-24,36-37H2,1H3,(H,38,47)(H,39,48)(H,40,46)(H,41,44)(H,42,45)(H,49,50)/t26-,27-,28-/m0/s1/i35-1. The molecule has 0 bridgehead atoms. The second-order valence-electron chi connectivity index (χ2n) is 12.5. The number of hydrogen-bond acceptors (Lipinski definition) is 13. The summed E-state index contributed by atoms with van der Waals surface area (Å²) < 4.78 is 42.3. The molecule has 0 aliphatic heterocycles. The molecule has 55 heavy (non-hydrogen) atoms. The van der Waals surface area contributed by atoms with Gasteiger partial charge in [0, 0.05) is 20.0 Å². The number of nitrogens with zero attached hydrogens (tertiary/aromatic N) is 1. The number of carboxylic acid groups (broad SMARTS) is 1. The fourth-order valence-electron chi connectivity index (χ4n) is 4.89.